The molecule has 9 nitrogen and oxygen atoms in total. The number of anilines is 1. The Morgan fingerprint density at radius 2 is 1.94 bits per heavy atom. The van der Waals surface area contributed by atoms with Gasteiger partial charge in [0.05, 0.1) is 12.2 Å². The van der Waals surface area contributed by atoms with Crippen molar-refractivity contribution in [3.8, 4) is 17.2 Å². The van der Waals surface area contributed by atoms with Gasteiger partial charge in [0.2, 0.25) is 0 Å². The van der Waals surface area contributed by atoms with E-state index in [0.29, 0.717) is 18.9 Å². The number of aryl methyl sites for hydroxylation is 1. The Kier molecular flexibility index (Phi) is 6.78. The minimum atomic E-state index is -0.555. The number of aliphatic hydroxyl groups excluding tert-OH is 1. The van der Waals surface area contributed by atoms with Crippen molar-refractivity contribution < 1.29 is 28.6 Å². The number of benzene rings is 2. The molecule has 0 bridgehead atoms. The monoisotopic (exact) mass is 468 g/mol. The van der Waals surface area contributed by atoms with Crippen LogP contribution in [0.15, 0.2) is 48.7 Å². The van der Waals surface area contributed by atoms with Gasteiger partial charge in [-0.25, -0.2) is 4.39 Å². The molecule has 3 aromatic rings. The van der Waals surface area contributed by atoms with Crippen molar-refractivity contribution in [1.29, 1.82) is 0 Å². The molecule has 0 unspecified atom stereocenters. The maximum absolute atomic E-state index is 13.9. The minimum Gasteiger partial charge on any atom is -0.488 e. The summed E-state index contributed by atoms with van der Waals surface area (Å²) in [7, 11) is 1.73. The number of aromatic nitrogens is 2. The second-order valence-corrected chi connectivity index (χ2v) is 8.02. The SMILES string of the molecule is C[C@@H](CO)Oc1cc(Oc2ccc(F)cc2C(=O)N2CCC2)cc(C(=O)Nc2ccn(C)n2)c1. The van der Waals surface area contributed by atoms with Crippen LogP contribution in [0.1, 0.15) is 34.1 Å². The lowest BCUT2D eigenvalue weighted by atomic mass is 10.1. The molecule has 34 heavy (non-hydrogen) atoms. The first-order valence-electron chi connectivity index (χ1n) is 10.8. The van der Waals surface area contributed by atoms with Gasteiger partial charge in [0.15, 0.2) is 5.82 Å². The molecule has 2 N–H and O–H groups in total. The normalized spacial score (nSPS) is 13.7. The zero-order valence-electron chi connectivity index (χ0n) is 18.8. The van der Waals surface area contributed by atoms with Crippen LogP contribution in [0.5, 0.6) is 17.2 Å². The number of hydrogen-bond donors (Lipinski definition) is 2. The van der Waals surface area contributed by atoms with Crippen LogP contribution in [0.2, 0.25) is 0 Å². The van der Waals surface area contributed by atoms with Crippen LogP contribution in [0.4, 0.5) is 10.2 Å². The third-order valence-electron chi connectivity index (χ3n) is 5.23. The van der Waals surface area contributed by atoms with Crippen LogP contribution < -0.4 is 14.8 Å². The Morgan fingerprint density at radius 1 is 1.18 bits per heavy atom. The Labute approximate surface area is 195 Å². The quantitative estimate of drug-likeness (QED) is 0.526. The van der Waals surface area contributed by atoms with Crippen LogP contribution in [0.25, 0.3) is 0 Å². The van der Waals surface area contributed by atoms with Gasteiger partial charge < -0.3 is 24.8 Å². The average molecular weight is 468 g/mol. The van der Waals surface area contributed by atoms with E-state index >= 15 is 0 Å². The highest BCUT2D eigenvalue weighted by molar-refractivity contribution is 6.04. The first kappa shape index (κ1) is 23.2. The van der Waals surface area contributed by atoms with E-state index < -0.39 is 17.8 Å². The molecule has 0 radical (unpaired) electrons. The largest absolute Gasteiger partial charge is 0.488 e. The molecule has 1 aliphatic rings. The summed E-state index contributed by atoms with van der Waals surface area (Å²) in [6.45, 7) is 2.65. The van der Waals surface area contributed by atoms with Gasteiger partial charge in [0, 0.05) is 44.0 Å². The molecule has 0 aliphatic carbocycles. The fourth-order valence-corrected chi connectivity index (χ4v) is 3.34. The van der Waals surface area contributed by atoms with Crippen LogP contribution >= 0.6 is 0 Å². The number of hydrogen-bond acceptors (Lipinski definition) is 6. The lowest BCUT2D eigenvalue weighted by molar-refractivity contribution is 0.0648. The van der Waals surface area contributed by atoms with Gasteiger partial charge in [-0.05, 0) is 43.7 Å². The van der Waals surface area contributed by atoms with E-state index in [1.165, 1.54) is 30.3 Å². The predicted molar refractivity (Wildman–Crippen MR) is 122 cm³/mol. The van der Waals surface area contributed by atoms with Crippen molar-refractivity contribution in [2.45, 2.75) is 19.4 Å². The predicted octanol–water partition coefficient (Wildman–Crippen LogP) is 3.21. The maximum Gasteiger partial charge on any atom is 0.257 e. The smallest absolute Gasteiger partial charge is 0.257 e. The molecule has 10 heteroatoms. The van der Waals surface area contributed by atoms with Crippen molar-refractivity contribution in [2.75, 3.05) is 25.0 Å². The van der Waals surface area contributed by atoms with Gasteiger partial charge in [-0.15, -0.1) is 0 Å². The molecular formula is C24H25FN4O5. The van der Waals surface area contributed by atoms with Crippen molar-refractivity contribution in [3.63, 3.8) is 0 Å². The molecule has 1 fully saturated rings. The number of carbonyl (C=O) groups is 2. The molecule has 178 valence electrons. The number of ether oxygens (including phenoxy) is 2. The molecule has 1 aliphatic heterocycles. The number of carbonyl (C=O) groups excluding carboxylic acids is 2. The van der Waals surface area contributed by atoms with Crippen LogP contribution in [-0.4, -0.2) is 57.4 Å². The highest BCUT2D eigenvalue weighted by Crippen LogP contribution is 2.32. The Hall–Kier alpha value is -3.92. The molecule has 2 amide bonds. The molecule has 2 heterocycles. The van der Waals surface area contributed by atoms with E-state index in [9.17, 15) is 19.1 Å². The van der Waals surface area contributed by atoms with E-state index in [1.54, 1.807) is 35.8 Å². The van der Waals surface area contributed by atoms with E-state index in [0.717, 1.165) is 12.5 Å². The highest BCUT2D eigenvalue weighted by Gasteiger charge is 2.25. The standard InChI is InChI=1S/C24H25FN4O5/c1-15(14-30)33-18-10-16(23(31)26-22-6-9-28(2)27-22)11-19(13-18)34-21-5-4-17(25)12-20(21)24(32)29-7-3-8-29/h4-6,9-13,15,30H,3,7-8,14H2,1-2H3,(H,26,27,31)/t15-/m0/s1. The van der Waals surface area contributed by atoms with E-state index in [4.69, 9.17) is 9.47 Å². The average Bonchev–Trinajstić information content (AvgIpc) is 3.17. The Bertz CT molecular complexity index is 1210. The molecule has 0 spiro atoms. The first-order chi connectivity index (χ1) is 16.3. The summed E-state index contributed by atoms with van der Waals surface area (Å²) in [5, 5.41) is 16.2. The van der Waals surface area contributed by atoms with Crippen LogP contribution in [0.3, 0.4) is 0 Å². The molecule has 1 atom stereocenters. The van der Waals surface area contributed by atoms with Gasteiger partial charge in [-0.3, -0.25) is 14.3 Å². The van der Waals surface area contributed by atoms with Crippen molar-refractivity contribution in [3.05, 3.63) is 65.6 Å². The zero-order valence-corrected chi connectivity index (χ0v) is 18.8. The highest BCUT2D eigenvalue weighted by atomic mass is 19.1. The summed E-state index contributed by atoms with van der Waals surface area (Å²) in [5.74, 6) is -0.328. The van der Waals surface area contributed by atoms with Crippen molar-refractivity contribution in [2.24, 2.45) is 7.05 Å². The zero-order chi connectivity index (χ0) is 24.2. The van der Waals surface area contributed by atoms with E-state index in [-0.39, 0.29) is 40.9 Å². The van der Waals surface area contributed by atoms with Gasteiger partial charge >= 0.3 is 0 Å². The summed E-state index contributed by atoms with van der Waals surface area (Å²) in [5.41, 5.74) is 0.301. The first-order valence-corrected chi connectivity index (χ1v) is 10.8. The summed E-state index contributed by atoms with van der Waals surface area (Å²) in [6, 6.07) is 9.88. The topological polar surface area (TPSA) is 106 Å². The summed E-state index contributed by atoms with van der Waals surface area (Å²) in [6.07, 6.45) is 2.06. The van der Waals surface area contributed by atoms with E-state index in [2.05, 4.69) is 10.4 Å². The molecule has 4 rings (SSSR count). The Balaban J connectivity index is 1.65. The molecule has 2 aromatic carbocycles. The minimum absolute atomic E-state index is 0.0919. The third kappa shape index (κ3) is 5.34. The van der Waals surface area contributed by atoms with Crippen LogP contribution in [-0.2, 0) is 7.05 Å². The molecular weight excluding hydrogens is 443 g/mol. The summed E-state index contributed by atoms with van der Waals surface area (Å²) >= 11 is 0. The molecule has 1 aromatic heterocycles. The van der Waals surface area contributed by atoms with Gasteiger partial charge in [-0.2, -0.15) is 5.10 Å². The third-order valence-corrected chi connectivity index (χ3v) is 5.23. The van der Waals surface area contributed by atoms with Crippen molar-refractivity contribution >= 4 is 17.6 Å². The Morgan fingerprint density at radius 3 is 2.59 bits per heavy atom. The molecule has 1 saturated heterocycles. The fourth-order valence-electron chi connectivity index (χ4n) is 3.34. The fraction of sp³-hybridized carbons (Fsp3) is 0.292. The number of amides is 2. The van der Waals surface area contributed by atoms with Crippen LogP contribution in [0, 0.1) is 5.82 Å². The number of nitrogens with zero attached hydrogens (tertiary/aromatic N) is 3. The second kappa shape index (κ2) is 9.92. The number of rotatable bonds is 8. The number of halogens is 1. The maximum atomic E-state index is 13.9. The van der Waals surface area contributed by atoms with Gasteiger partial charge in [0.25, 0.3) is 11.8 Å². The van der Waals surface area contributed by atoms with Gasteiger partial charge in [-0.1, -0.05) is 0 Å². The lowest BCUT2D eigenvalue weighted by Crippen LogP contribution is -2.42. The van der Waals surface area contributed by atoms with Gasteiger partial charge in [0.1, 0.15) is 29.2 Å². The van der Waals surface area contributed by atoms with E-state index in [1.807, 2.05) is 0 Å². The summed E-state index contributed by atoms with van der Waals surface area (Å²) in [4.78, 5) is 27.2. The summed E-state index contributed by atoms with van der Waals surface area (Å²) < 4.78 is 27.1. The number of likely N-dealkylation sites (tertiary alicyclic amines) is 1. The number of aliphatic hydroxyl groups is 1. The lowest BCUT2D eigenvalue weighted by Gasteiger charge is -2.31. The second-order valence-electron chi connectivity index (χ2n) is 8.02. The number of nitrogens with one attached hydrogen (secondary N) is 1. The molecule has 0 saturated carbocycles. The van der Waals surface area contributed by atoms with Crippen molar-refractivity contribution in [1.82, 2.24) is 14.7 Å².